The molecular weight excluding hydrogens is 276 g/mol. The first kappa shape index (κ1) is 22.5. The Kier molecular flexibility index (Phi) is 19.1. The van der Waals surface area contributed by atoms with E-state index in [1.54, 1.807) is 0 Å². The van der Waals surface area contributed by atoms with Crippen molar-refractivity contribution in [3.8, 4) is 0 Å². The summed E-state index contributed by atoms with van der Waals surface area (Å²) in [6.07, 6.45) is 28.9. The van der Waals surface area contributed by atoms with Crippen LogP contribution < -0.4 is 0 Å². The second-order valence-electron chi connectivity index (χ2n) is 7.20. The summed E-state index contributed by atoms with van der Waals surface area (Å²) in [4.78, 5) is 0. The summed E-state index contributed by atoms with van der Waals surface area (Å²) < 4.78 is 0. The second-order valence-corrected chi connectivity index (χ2v) is 7.20. The normalized spacial score (nSPS) is 12.8. The van der Waals surface area contributed by atoms with Crippen molar-refractivity contribution in [1.82, 2.24) is 0 Å². The van der Waals surface area contributed by atoms with E-state index >= 15 is 0 Å². The van der Waals surface area contributed by atoms with Crippen molar-refractivity contribution in [2.45, 2.75) is 117 Å². The minimum absolute atomic E-state index is 0.906. The van der Waals surface area contributed by atoms with E-state index < -0.39 is 0 Å². The molecule has 0 aromatic heterocycles. The summed E-state index contributed by atoms with van der Waals surface area (Å²) in [5.74, 6) is 0.906. The van der Waals surface area contributed by atoms with Gasteiger partial charge in [0.1, 0.15) is 0 Å². The number of allylic oxidation sites excluding steroid dienone is 3. The van der Waals surface area contributed by atoms with Crippen LogP contribution in [0.25, 0.3) is 0 Å². The van der Waals surface area contributed by atoms with Gasteiger partial charge in [-0.15, -0.1) is 6.58 Å². The number of unbranched alkanes of at least 4 members (excludes halogenated alkanes) is 10. The predicted molar refractivity (Wildman–Crippen MR) is 108 cm³/mol. The quantitative estimate of drug-likeness (QED) is 0.175. The third-order valence-corrected chi connectivity index (χ3v) is 4.84. The maximum atomic E-state index is 3.92. The van der Waals surface area contributed by atoms with Crippen LogP contribution in [0.1, 0.15) is 117 Å². The molecule has 0 saturated heterocycles. The van der Waals surface area contributed by atoms with E-state index in [9.17, 15) is 0 Å². The van der Waals surface area contributed by atoms with Gasteiger partial charge in [0.25, 0.3) is 0 Å². The van der Waals surface area contributed by atoms with Gasteiger partial charge in [-0.05, 0) is 38.0 Å². The lowest BCUT2D eigenvalue weighted by Crippen LogP contribution is -1.99. The highest BCUT2D eigenvalue weighted by Crippen LogP contribution is 2.21. The molecule has 0 aliphatic heterocycles. The third-order valence-electron chi connectivity index (χ3n) is 4.84. The van der Waals surface area contributed by atoms with Crippen molar-refractivity contribution in [2.24, 2.45) is 5.92 Å². The molecule has 0 spiro atoms. The van der Waals surface area contributed by atoms with Crippen LogP contribution in [0.5, 0.6) is 0 Å². The van der Waals surface area contributed by atoms with Crippen molar-refractivity contribution >= 4 is 0 Å². The van der Waals surface area contributed by atoms with E-state index in [1.165, 1.54) is 103 Å². The van der Waals surface area contributed by atoms with E-state index in [2.05, 4.69) is 38.7 Å². The lowest BCUT2D eigenvalue weighted by molar-refractivity contribution is 0.414. The molecule has 0 aliphatic rings. The Labute approximate surface area is 147 Å². The Morgan fingerprint density at radius 3 is 1.78 bits per heavy atom. The topological polar surface area (TPSA) is 0 Å². The number of hydrogen-bond donors (Lipinski definition) is 0. The molecule has 0 radical (unpaired) electrons. The Hall–Kier alpha value is -0.520. The van der Waals surface area contributed by atoms with Gasteiger partial charge >= 0.3 is 0 Å². The van der Waals surface area contributed by atoms with Crippen LogP contribution >= 0.6 is 0 Å². The van der Waals surface area contributed by atoms with Crippen molar-refractivity contribution in [3.63, 3.8) is 0 Å². The van der Waals surface area contributed by atoms with Gasteiger partial charge in [0, 0.05) is 0 Å². The molecule has 0 nitrogen and oxygen atoms in total. The summed E-state index contributed by atoms with van der Waals surface area (Å²) >= 11 is 0. The van der Waals surface area contributed by atoms with Crippen LogP contribution in [0.3, 0.4) is 0 Å². The van der Waals surface area contributed by atoms with Gasteiger partial charge in [0.05, 0.1) is 0 Å². The van der Waals surface area contributed by atoms with Crippen molar-refractivity contribution < 1.29 is 0 Å². The molecule has 0 rings (SSSR count). The van der Waals surface area contributed by atoms with E-state index in [0.717, 1.165) is 5.92 Å². The second kappa shape index (κ2) is 19.5. The first-order valence-electron chi connectivity index (χ1n) is 10.6. The molecular formula is C23H44. The molecule has 0 aromatic carbocycles. The summed E-state index contributed by atoms with van der Waals surface area (Å²) in [5.41, 5.74) is 0. The lowest BCUT2D eigenvalue weighted by atomic mass is 9.92. The van der Waals surface area contributed by atoms with Gasteiger partial charge in [0.2, 0.25) is 0 Å². The maximum absolute atomic E-state index is 3.92. The summed E-state index contributed by atoms with van der Waals surface area (Å²) in [7, 11) is 0. The first-order chi connectivity index (χ1) is 11.3. The monoisotopic (exact) mass is 320 g/mol. The lowest BCUT2D eigenvalue weighted by Gasteiger charge is -2.14. The highest BCUT2D eigenvalue weighted by atomic mass is 14.1. The van der Waals surface area contributed by atoms with Crippen LogP contribution in [-0.4, -0.2) is 0 Å². The number of hydrogen-bond acceptors (Lipinski definition) is 0. The molecule has 0 N–H and O–H groups in total. The molecule has 0 saturated carbocycles. The molecule has 0 aliphatic carbocycles. The Morgan fingerprint density at radius 1 is 0.652 bits per heavy atom. The Morgan fingerprint density at radius 2 is 1.17 bits per heavy atom. The van der Waals surface area contributed by atoms with Gasteiger partial charge in [0.15, 0.2) is 0 Å². The molecule has 1 unspecified atom stereocenters. The van der Waals surface area contributed by atoms with Crippen molar-refractivity contribution in [2.75, 3.05) is 0 Å². The molecule has 0 heteroatoms. The van der Waals surface area contributed by atoms with Gasteiger partial charge in [-0.1, -0.05) is 103 Å². The van der Waals surface area contributed by atoms with Crippen molar-refractivity contribution in [1.29, 1.82) is 0 Å². The molecule has 0 heterocycles. The van der Waals surface area contributed by atoms with Crippen LogP contribution in [-0.2, 0) is 0 Å². The standard InChI is InChI=1S/C23H44/c1-4-7-9-10-11-12-13-14-15-16-17-18-19-22-23(20-6-3)21-8-5-2/h6,12-13,23H,3-5,7-11,14-22H2,1-2H3. The average Bonchev–Trinajstić information content (AvgIpc) is 2.56. The minimum atomic E-state index is 0.906. The zero-order valence-corrected chi connectivity index (χ0v) is 16.3. The zero-order valence-electron chi connectivity index (χ0n) is 16.3. The fraction of sp³-hybridized carbons (Fsp3) is 0.826. The number of rotatable bonds is 18. The van der Waals surface area contributed by atoms with Crippen LogP contribution in [0.4, 0.5) is 0 Å². The third kappa shape index (κ3) is 17.7. The SMILES string of the molecule is C=CCC(CCCC)CCCCCCCC=CCCCCCC. The Bertz CT molecular complexity index is 251. The van der Waals surface area contributed by atoms with Gasteiger partial charge in [-0.3, -0.25) is 0 Å². The highest BCUT2D eigenvalue weighted by Gasteiger charge is 2.05. The fourth-order valence-corrected chi connectivity index (χ4v) is 3.26. The average molecular weight is 321 g/mol. The largest absolute Gasteiger partial charge is 0.103 e. The fourth-order valence-electron chi connectivity index (χ4n) is 3.26. The molecule has 0 amide bonds. The smallest absolute Gasteiger partial charge is 0.0325 e. The molecule has 0 aromatic rings. The highest BCUT2D eigenvalue weighted by molar-refractivity contribution is 4.81. The van der Waals surface area contributed by atoms with Crippen LogP contribution in [0.2, 0.25) is 0 Å². The van der Waals surface area contributed by atoms with Gasteiger partial charge in [-0.25, -0.2) is 0 Å². The minimum Gasteiger partial charge on any atom is -0.103 e. The summed E-state index contributed by atoms with van der Waals surface area (Å²) in [6, 6.07) is 0. The van der Waals surface area contributed by atoms with E-state index in [-0.39, 0.29) is 0 Å². The van der Waals surface area contributed by atoms with E-state index in [4.69, 9.17) is 0 Å². The van der Waals surface area contributed by atoms with E-state index in [1.807, 2.05) is 0 Å². The zero-order chi connectivity index (χ0) is 17.0. The van der Waals surface area contributed by atoms with Crippen molar-refractivity contribution in [3.05, 3.63) is 24.8 Å². The molecule has 23 heavy (non-hydrogen) atoms. The first-order valence-corrected chi connectivity index (χ1v) is 10.6. The van der Waals surface area contributed by atoms with Gasteiger partial charge < -0.3 is 0 Å². The van der Waals surface area contributed by atoms with E-state index in [0.29, 0.717) is 0 Å². The molecule has 1 atom stereocenters. The summed E-state index contributed by atoms with van der Waals surface area (Å²) in [5, 5.41) is 0. The maximum Gasteiger partial charge on any atom is -0.0325 e. The molecule has 136 valence electrons. The van der Waals surface area contributed by atoms with Gasteiger partial charge in [-0.2, -0.15) is 0 Å². The molecule has 0 bridgehead atoms. The van der Waals surface area contributed by atoms with Crippen LogP contribution in [0, 0.1) is 5.92 Å². The Balaban J connectivity index is 3.34. The molecule has 0 fully saturated rings. The van der Waals surface area contributed by atoms with Crippen LogP contribution in [0.15, 0.2) is 24.8 Å². The predicted octanol–water partition coefficient (Wildman–Crippen LogP) is 8.63. The summed E-state index contributed by atoms with van der Waals surface area (Å²) in [6.45, 7) is 8.49.